The molecule has 0 radical (unpaired) electrons. The summed E-state index contributed by atoms with van der Waals surface area (Å²) in [6, 6.07) is 36.7. The largest absolute Gasteiger partial charge is 0.489 e. The summed E-state index contributed by atoms with van der Waals surface area (Å²) in [7, 11) is 0. The number of hydrogen-bond acceptors (Lipinski definition) is 4. The summed E-state index contributed by atoms with van der Waals surface area (Å²) in [5.74, 6) is 0.521. The first-order chi connectivity index (χ1) is 19.9. The van der Waals surface area contributed by atoms with E-state index in [4.69, 9.17) is 21.6 Å². The van der Waals surface area contributed by atoms with Crippen LogP contribution in [-0.4, -0.2) is 16.3 Å². The van der Waals surface area contributed by atoms with Gasteiger partial charge in [-0.2, -0.15) is 0 Å². The summed E-state index contributed by atoms with van der Waals surface area (Å²) in [5, 5.41) is 13.9. The molecule has 0 fully saturated rings. The quantitative estimate of drug-likeness (QED) is 0.0997. The molecule has 1 aromatic heterocycles. The van der Waals surface area contributed by atoms with Gasteiger partial charge in [-0.1, -0.05) is 66.7 Å². The Morgan fingerprint density at radius 1 is 0.829 bits per heavy atom. The van der Waals surface area contributed by atoms with Gasteiger partial charge in [0.15, 0.2) is 0 Å². The Hall–Kier alpha value is -5.56. The molecule has 0 aliphatic heterocycles. The molecule has 0 saturated heterocycles. The molecule has 6 aromatic rings. The average Bonchev–Trinajstić information content (AvgIpc) is 3.35. The van der Waals surface area contributed by atoms with Gasteiger partial charge >= 0.3 is 0 Å². The molecule has 41 heavy (non-hydrogen) atoms. The molecule has 7 nitrogen and oxygen atoms in total. The SMILES string of the molecule is N=C(N)c1ccc2cc(C(=O)Nc3ccc(N)cc3)n(Cc3cccc4cc(OCc5ccccc5)ccc34)c2c1. The highest BCUT2D eigenvalue weighted by molar-refractivity contribution is 6.07. The first kappa shape index (κ1) is 25.7. The first-order valence-electron chi connectivity index (χ1n) is 13.3. The number of benzene rings is 5. The molecular formula is C34H29N5O2. The Balaban J connectivity index is 1.36. The summed E-state index contributed by atoms with van der Waals surface area (Å²) in [6.07, 6.45) is 0. The van der Waals surface area contributed by atoms with Gasteiger partial charge < -0.3 is 26.1 Å². The number of carbonyl (C=O) groups is 1. The highest BCUT2D eigenvalue weighted by Crippen LogP contribution is 2.29. The topological polar surface area (TPSA) is 119 Å². The van der Waals surface area contributed by atoms with E-state index in [9.17, 15) is 4.79 Å². The molecule has 0 atom stereocenters. The van der Waals surface area contributed by atoms with Crippen molar-refractivity contribution in [1.29, 1.82) is 5.41 Å². The summed E-state index contributed by atoms with van der Waals surface area (Å²) in [4.78, 5) is 13.5. The maximum Gasteiger partial charge on any atom is 0.272 e. The van der Waals surface area contributed by atoms with Crippen LogP contribution < -0.4 is 21.5 Å². The summed E-state index contributed by atoms with van der Waals surface area (Å²) in [5.41, 5.74) is 17.0. The monoisotopic (exact) mass is 539 g/mol. The minimum absolute atomic E-state index is 0.0271. The number of amidine groups is 1. The van der Waals surface area contributed by atoms with Gasteiger partial charge in [-0.25, -0.2) is 0 Å². The van der Waals surface area contributed by atoms with E-state index in [0.717, 1.165) is 38.6 Å². The Kier molecular flexibility index (Phi) is 6.83. The van der Waals surface area contributed by atoms with Gasteiger partial charge in [0, 0.05) is 34.4 Å². The van der Waals surface area contributed by atoms with Crippen LogP contribution in [0.15, 0.2) is 115 Å². The van der Waals surface area contributed by atoms with Crippen LogP contribution in [0.25, 0.3) is 21.7 Å². The van der Waals surface area contributed by atoms with Crippen molar-refractivity contribution in [3.63, 3.8) is 0 Å². The zero-order valence-electron chi connectivity index (χ0n) is 22.3. The van der Waals surface area contributed by atoms with E-state index in [2.05, 4.69) is 23.5 Å². The van der Waals surface area contributed by atoms with Crippen LogP contribution in [0.4, 0.5) is 11.4 Å². The molecule has 0 aliphatic rings. The lowest BCUT2D eigenvalue weighted by molar-refractivity contribution is 0.101. The summed E-state index contributed by atoms with van der Waals surface area (Å²) >= 11 is 0. The van der Waals surface area contributed by atoms with E-state index in [1.54, 1.807) is 30.3 Å². The van der Waals surface area contributed by atoms with Crippen LogP contribution in [0.1, 0.15) is 27.2 Å². The number of ether oxygens (including phenoxy) is 1. The Labute approximate surface area is 237 Å². The van der Waals surface area contributed by atoms with E-state index in [1.807, 2.05) is 71.3 Å². The number of nitrogens with one attached hydrogen (secondary N) is 2. The molecule has 1 heterocycles. The maximum absolute atomic E-state index is 13.5. The van der Waals surface area contributed by atoms with Crippen molar-refractivity contribution in [3.05, 3.63) is 138 Å². The molecule has 7 heteroatoms. The highest BCUT2D eigenvalue weighted by atomic mass is 16.5. The molecule has 202 valence electrons. The second-order valence-corrected chi connectivity index (χ2v) is 9.95. The lowest BCUT2D eigenvalue weighted by atomic mass is 10.0. The molecular weight excluding hydrogens is 510 g/mol. The average molecular weight is 540 g/mol. The van der Waals surface area contributed by atoms with Crippen LogP contribution >= 0.6 is 0 Å². The second kappa shape index (κ2) is 10.9. The number of nitrogen functional groups attached to an aromatic ring is 2. The van der Waals surface area contributed by atoms with Gasteiger partial charge in [-0.15, -0.1) is 0 Å². The molecule has 0 aliphatic carbocycles. The van der Waals surface area contributed by atoms with Crippen molar-refractivity contribution in [1.82, 2.24) is 4.57 Å². The predicted octanol–water partition coefficient (Wildman–Crippen LogP) is 6.54. The number of anilines is 2. The van der Waals surface area contributed by atoms with Crippen molar-refractivity contribution < 1.29 is 9.53 Å². The van der Waals surface area contributed by atoms with Crippen molar-refractivity contribution >= 4 is 44.8 Å². The minimum Gasteiger partial charge on any atom is -0.489 e. The summed E-state index contributed by atoms with van der Waals surface area (Å²) in [6.45, 7) is 0.934. The first-order valence-corrected chi connectivity index (χ1v) is 13.3. The number of hydrogen-bond donors (Lipinski definition) is 4. The number of amides is 1. The normalized spacial score (nSPS) is 11.0. The van der Waals surface area contributed by atoms with Gasteiger partial charge in [0.1, 0.15) is 23.9 Å². The van der Waals surface area contributed by atoms with Gasteiger partial charge in [0.25, 0.3) is 5.91 Å². The standard InChI is InChI=1S/C34H29N5O2/c35-27-11-13-28(14-12-27)38-34(40)32-18-24-9-10-25(33(36)37)19-31(24)39(32)20-26-8-4-7-23-17-29(15-16-30(23)26)41-21-22-5-2-1-3-6-22/h1-19H,20-21,35H2,(H3,36,37)(H,38,40). The fourth-order valence-corrected chi connectivity index (χ4v) is 5.01. The third kappa shape index (κ3) is 5.46. The number of rotatable bonds is 8. The fourth-order valence-electron chi connectivity index (χ4n) is 5.01. The minimum atomic E-state index is -0.243. The molecule has 1 amide bonds. The third-order valence-corrected chi connectivity index (χ3v) is 7.14. The van der Waals surface area contributed by atoms with E-state index in [-0.39, 0.29) is 11.7 Å². The molecule has 0 spiro atoms. The van der Waals surface area contributed by atoms with Crippen molar-refractivity contribution in [2.24, 2.45) is 5.73 Å². The molecule has 0 unspecified atom stereocenters. The maximum atomic E-state index is 13.5. The van der Waals surface area contributed by atoms with Crippen molar-refractivity contribution in [3.8, 4) is 5.75 Å². The van der Waals surface area contributed by atoms with Crippen LogP contribution in [0.2, 0.25) is 0 Å². The van der Waals surface area contributed by atoms with Crippen LogP contribution in [0, 0.1) is 5.41 Å². The van der Waals surface area contributed by atoms with E-state index in [1.165, 1.54) is 0 Å². The van der Waals surface area contributed by atoms with Gasteiger partial charge in [0.2, 0.25) is 0 Å². The predicted molar refractivity (Wildman–Crippen MR) is 166 cm³/mol. The van der Waals surface area contributed by atoms with Gasteiger partial charge in [0.05, 0.1) is 0 Å². The number of carbonyl (C=O) groups excluding carboxylic acids is 1. The Morgan fingerprint density at radius 3 is 2.41 bits per heavy atom. The van der Waals surface area contributed by atoms with Crippen LogP contribution in [-0.2, 0) is 13.2 Å². The Morgan fingerprint density at radius 2 is 1.63 bits per heavy atom. The van der Waals surface area contributed by atoms with Crippen LogP contribution in [0.5, 0.6) is 5.75 Å². The second-order valence-electron chi connectivity index (χ2n) is 9.95. The smallest absolute Gasteiger partial charge is 0.272 e. The van der Waals surface area contributed by atoms with E-state index >= 15 is 0 Å². The Bertz CT molecular complexity index is 1890. The van der Waals surface area contributed by atoms with E-state index in [0.29, 0.717) is 35.8 Å². The lowest BCUT2D eigenvalue weighted by Crippen LogP contribution is -2.18. The third-order valence-electron chi connectivity index (χ3n) is 7.14. The fraction of sp³-hybridized carbons (Fsp3) is 0.0588. The molecule has 0 saturated carbocycles. The zero-order chi connectivity index (χ0) is 28.3. The van der Waals surface area contributed by atoms with E-state index < -0.39 is 0 Å². The zero-order valence-corrected chi connectivity index (χ0v) is 22.3. The molecule has 6 rings (SSSR count). The number of fused-ring (bicyclic) bond motifs is 2. The van der Waals surface area contributed by atoms with Crippen LogP contribution in [0.3, 0.4) is 0 Å². The number of nitrogens with two attached hydrogens (primary N) is 2. The molecule has 0 bridgehead atoms. The highest BCUT2D eigenvalue weighted by Gasteiger charge is 2.18. The molecule has 6 N–H and O–H groups in total. The van der Waals surface area contributed by atoms with Gasteiger partial charge in [-0.05, 0) is 70.4 Å². The summed E-state index contributed by atoms with van der Waals surface area (Å²) < 4.78 is 8.03. The van der Waals surface area contributed by atoms with Crippen molar-refractivity contribution in [2.75, 3.05) is 11.1 Å². The molecule has 5 aromatic carbocycles. The lowest BCUT2D eigenvalue weighted by Gasteiger charge is -2.15. The van der Waals surface area contributed by atoms with Gasteiger partial charge in [-0.3, -0.25) is 10.2 Å². The number of aromatic nitrogens is 1. The number of nitrogens with zero attached hydrogens (tertiary/aromatic N) is 1. The van der Waals surface area contributed by atoms with Crippen molar-refractivity contribution in [2.45, 2.75) is 13.2 Å².